The number of hydrogen-bond donors (Lipinski definition) is 0. The van der Waals surface area contributed by atoms with Gasteiger partial charge in [0.05, 0.1) is 9.85 Å². The van der Waals surface area contributed by atoms with Gasteiger partial charge in [-0.3, -0.25) is 0 Å². The van der Waals surface area contributed by atoms with E-state index in [1.54, 1.807) is 6.92 Å². The molecule has 0 spiro atoms. The molecular weight excluding hydrogens is 249 g/mol. The fraction of sp³-hybridized carbons (Fsp3) is 0.250. The SMILES string of the molecule is CC(Cl)c1cc(F)c(Br)cc1F. The Morgan fingerprint density at radius 2 is 1.92 bits per heavy atom. The maximum absolute atomic E-state index is 13.0. The van der Waals surface area contributed by atoms with Crippen LogP contribution in [-0.4, -0.2) is 0 Å². The Morgan fingerprint density at radius 3 is 2.42 bits per heavy atom. The highest BCUT2D eigenvalue weighted by molar-refractivity contribution is 9.10. The van der Waals surface area contributed by atoms with E-state index in [0.29, 0.717) is 0 Å². The molecule has 0 aromatic heterocycles. The summed E-state index contributed by atoms with van der Waals surface area (Å²) < 4.78 is 26.0. The van der Waals surface area contributed by atoms with E-state index in [-0.39, 0.29) is 10.0 Å². The summed E-state index contributed by atoms with van der Waals surface area (Å²) in [7, 11) is 0. The standard InChI is InChI=1S/C8H6BrClF2/c1-4(10)5-2-8(12)6(9)3-7(5)11/h2-4H,1H3. The molecule has 0 bridgehead atoms. The molecule has 4 heteroatoms. The molecule has 0 radical (unpaired) electrons. The Kier molecular flexibility index (Phi) is 3.07. The van der Waals surface area contributed by atoms with Crippen LogP contribution in [0.25, 0.3) is 0 Å². The molecule has 0 heterocycles. The molecule has 0 aliphatic carbocycles. The van der Waals surface area contributed by atoms with E-state index in [2.05, 4.69) is 15.9 Å². The van der Waals surface area contributed by atoms with Gasteiger partial charge in [0.15, 0.2) is 0 Å². The first-order chi connectivity index (χ1) is 5.52. The smallest absolute Gasteiger partial charge is 0.137 e. The Morgan fingerprint density at radius 1 is 1.33 bits per heavy atom. The molecule has 1 unspecified atom stereocenters. The summed E-state index contributed by atoms with van der Waals surface area (Å²) in [6.45, 7) is 1.59. The van der Waals surface area contributed by atoms with Crippen molar-refractivity contribution < 1.29 is 8.78 Å². The highest BCUT2D eigenvalue weighted by Crippen LogP contribution is 2.27. The molecule has 1 aromatic carbocycles. The second kappa shape index (κ2) is 3.71. The number of rotatable bonds is 1. The van der Waals surface area contributed by atoms with Crippen LogP contribution in [0.15, 0.2) is 16.6 Å². The molecule has 0 N–H and O–H groups in total. The highest BCUT2D eigenvalue weighted by Gasteiger charge is 2.11. The molecule has 0 aliphatic heterocycles. The minimum absolute atomic E-state index is 0.112. The fourth-order valence-corrected chi connectivity index (χ4v) is 1.33. The number of alkyl halides is 1. The lowest BCUT2D eigenvalue weighted by Gasteiger charge is -2.05. The van der Waals surface area contributed by atoms with E-state index < -0.39 is 17.0 Å². The summed E-state index contributed by atoms with van der Waals surface area (Å²) in [6.07, 6.45) is 0. The van der Waals surface area contributed by atoms with Crippen molar-refractivity contribution in [3.8, 4) is 0 Å². The van der Waals surface area contributed by atoms with Gasteiger partial charge in [-0.15, -0.1) is 11.6 Å². The third kappa shape index (κ3) is 1.96. The van der Waals surface area contributed by atoms with Gasteiger partial charge in [0.2, 0.25) is 0 Å². The number of halogens is 4. The van der Waals surface area contributed by atoms with Crippen LogP contribution in [0.2, 0.25) is 0 Å². The van der Waals surface area contributed by atoms with Crippen LogP contribution >= 0.6 is 27.5 Å². The Bertz CT molecular complexity index is 299. The minimum atomic E-state index is -0.521. The van der Waals surface area contributed by atoms with Crippen LogP contribution < -0.4 is 0 Å². The Labute approximate surface area is 82.7 Å². The average Bonchev–Trinajstić information content (AvgIpc) is 1.96. The van der Waals surface area contributed by atoms with Crippen molar-refractivity contribution in [3.05, 3.63) is 33.8 Å². The fourth-order valence-electron chi connectivity index (χ4n) is 0.843. The molecule has 0 saturated heterocycles. The van der Waals surface area contributed by atoms with Crippen molar-refractivity contribution >= 4 is 27.5 Å². The third-order valence-electron chi connectivity index (χ3n) is 1.47. The molecule has 66 valence electrons. The maximum Gasteiger partial charge on any atom is 0.137 e. The van der Waals surface area contributed by atoms with Crippen molar-refractivity contribution in [3.63, 3.8) is 0 Å². The van der Waals surface area contributed by atoms with Crippen molar-refractivity contribution in [2.45, 2.75) is 12.3 Å². The maximum atomic E-state index is 13.0. The van der Waals surface area contributed by atoms with Crippen LogP contribution in [0, 0.1) is 11.6 Å². The molecule has 0 aliphatic rings. The molecule has 12 heavy (non-hydrogen) atoms. The summed E-state index contributed by atoms with van der Waals surface area (Å²) in [4.78, 5) is 0. The lowest BCUT2D eigenvalue weighted by atomic mass is 10.1. The van der Waals surface area contributed by atoms with Crippen molar-refractivity contribution in [2.24, 2.45) is 0 Å². The average molecular weight is 255 g/mol. The van der Waals surface area contributed by atoms with Crippen LogP contribution in [0.3, 0.4) is 0 Å². The molecular formula is C8H6BrClF2. The van der Waals surface area contributed by atoms with E-state index >= 15 is 0 Å². The molecule has 1 aromatic rings. The van der Waals surface area contributed by atoms with Crippen molar-refractivity contribution in [1.29, 1.82) is 0 Å². The second-order valence-corrected chi connectivity index (χ2v) is 3.91. The molecule has 0 nitrogen and oxygen atoms in total. The quantitative estimate of drug-likeness (QED) is 0.525. The second-order valence-electron chi connectivity index (χ2n) is 2.40. The first-order valence-corrected chi connectivity index (χ1v) is 4.54. The molecule has 1 rings (SSSR count). The van der Waals surface area contributed by atoms with Crippen LogP contribution in [0.1, 0.15) is 17.9 Å². The monoisotopic (exact) mass is 254 g/mol. The van der Waals surface area contributed by atoms with Gasteiger partial charge in [0.1, 0.15) is 11.6 Å². The number of hydrogen-bond acceptors (Lipinski definition) is 0. The summed E-state index contributed by atoms with van der Waals surface area (Å²) in [5, 5.41) is -0.521. The van der Waals surface area contributed by atoms with E-state index in [1.165, 1.54) is 0 Å². The van der Waals surface area contributed by atoms with E-state index in [1.807, 2.05) is 0 Å². The van der Waals surface area contributed by atoms with Gasteiger partial charge in [-0.1, -0.05) is 0 Å². The van der Waals surface area contributed by atoms with E-state index in [4.69, 9.17) is 11.6 Å². The van der Waals surface area contributed by atoms with Gasteiger partial charge in [0, 0.05) is 5.56 Å². The first-order valence-electron chi connectivity index (χ1n) is 3.31. The zero-order chi connectivity index (χ0) is 9.30. The summed E-state index contributed by atoms with van der Waals surface area (Å²) >= 11 is 8.48. The minimum Gasteiger partial charge on any atom is -0.207 e. The van der Waals surface area contributed by atoms with Crippen molar-refractivity contribution in [1.82, 2.24) is 0 Å². The van der Waals surface area contributed by atoms with Gasteiger partial charge >= 0.3 is 0 Å². The summed E-state index contributed by atoms with van der Waals surface area (Å²) in [5.41, 5.74) is 0.178. The zero-order valence-corrected chi connectivity index (χ0v) is 8.59. The van der Waals surface area contributed by atoms with Crippen LogP contribution in [0.4, 0.5) is 8.78 Å². The topological polar surface area (TPSA) is 0 Å². The van der Waals surface area contributed by atoms with Gasteiger partial charge in [0.25, 0.3) is 0 Å². The number of benzene rings is 1. The molecule has 0 fully saturated rings. The van der Waals surface area contributed by atoms with Crippen molar-refractivity contribution in [2.75, 3.05) is 0 Å². The summed E-state index contributed by atoms with van der Waals surface area (Å²) in [5.74, 6) is -0.996. The van der Waals surface area contributed by atoms with Gasteiger partial charge in [-0.05, 0) is 35.0 Å². The Balaban J connectivity index is 3.23. The molecule has 0 amide bonds. The van der Waals surface area contributed by atoms with E-state index in [9.17, 15) is 8.78 Å². The van der Waals surface area contributed by atoms with E-state index in [0.717, 1.165) is 12.1 Å². The molecule has 1 atom stereocenters. The highest BCUT2D eigenvalue weighted by atomic mass is 79.9. The van der Waals surface area contributed by atoms with Gasteiger partial charge < -0.3 is 0 Å². The normalized spacial score (nSPS) is 13.1. The molecule has 0 saturated carbocycles. The third-order valence-corrected chi connectivity index (χ3v) is 2.31. The first kappa shape index (κ1) is 9.93. The summed E-state index contributed by atoms with van der Waals surface area (Å²) in [6, 6.07) is 2.17. The Hall–Kier alpha value is -0.150. The van der Waals surface area contributed by atoms with Gasteiger partial charge in [-0.2, -0.15) is 0 Å². The van der Waals surface area contributed by atoms with Crippen LogP contribution in [-0.2, 0) is 0 Å². The van der Waals surface area contributed by atoms with Gasteiger partial charge in [-0.25, -0.2) is 8.78 Å². The van der Waals surface area contributed by atoms with Crippen LogP contribution in [0.5, 0.6) is 0 Å². The predicted octanol–water partition coefficient (Wildman–Crippen LogP) is 4.03. The largest absolute Gasteiger partial charge is 0.207 e. The zero-order valence-electron chi connectivity index (χ0n) is 6.24. The lowest BCUT2D eigenvalue weighted by molar-refractivity contribution is 0.580. The predicted molar refractivity (Wildman–Crippen MR) is 48.3 cm³/mol. The lowest BCUT2D eigenvalue weighted by Crippen LogP contribution is -1.93.